The Morgan fingerprint density at radius 3 is 2.28 bits per heavy atom. The van der Waals surface area contributed by atoms with Crippen LogP contribution in [0.2, 0.25) is 0 Å². The van der Waals surface area contributed by atoms with Crippen LogP contribution < -0.4 is 0 Å². The minimum absolute atomic E-state index is 0.807. The lowest BCUT2D eigenvalue weighted by Gasteiger charge is -2.39. The topological polar surface area (TPSA) is 0 Å². The van der Waals surface area contributed by atoms with E-state index in [-0.39, 0.29) is 0 Å². The van der Waals surface area contributed by atoms with E-state index in [1.165, 1.54) is 30.2 Å². The molecule has 98 valence electrons. The molecule has 5 unspecified atom stereocenters. The Balaban J connectivity index is 1.93. The van der Waals surface area contributed by atoms with E-state index in [4.69, 9.17) is 0 Å². The minimum atomic E-state index is 0.807. The molecule has 2 bridgehead atoms. The van der Waals surface area contributed by atoms with Crippen LogP contribution in [0, 0.1) is 23.7 Å². The van der Waals surface area contributed by atoms with E-state index < -0.39 is 0 Å². The second-order valence-electron chi connectivity index (χ2n) is 6.61. The van der Waals surface area contributed by atoms with E-state index in [0.29, 0.717) is 0 Å². The normalized spacial score (nSPS) is 39.6. The van der Waals surface area contributed by atoms with Gasteiger partial charge in [-0.1, -0.05) is 41.9 Å². The van der Waals surface area contributed by atoms with Gasteiger partial charge in [-0.2, -0.15) is 0 Å². The first kappa shape index (κ1) is 12.7. The van der Waals surface area contributed by atoms with Gasteiger partial charge in [0.15, 0.2) is 0 Å². The van der Waals surface area contributed by atoms with Crippen LogP contribution in [0.25, 0.3) is 0 Å². The average molecular weight is 307 g/mol. The van der Waals surface area contributed by atoms with Gasteiger partial charge in [-0.15, -0.1) is 0 Å². The highest BCUT2D eigenvalue weighted by atomic mass is 79.9. The summed E-state index contributed by atoms with van der Waals surface area (Å²) >= 11 is 3.55. The smallest absolute Gasteiger partial charge is 0.0175 e. The van der Waals surface area contributed by atoms with Crippen LogP contribution in [0.1, 0.15) is 51.0 Å². The van der Waals surface area contributed by atoms with Crippen LogP contribution >= 0.6 is 15.9 Å². The fourth-order valence-electron chi connectivity index (χ4n) is 4.58. The number of halogens is 1. The minimum Gasteiger partial charge on any atom is -0.0625 e. The van der Waals surface area contributed by atoms with Crippen molar-refractivity contribution < 1.29 is 0 Å². The molecule has 3 fully saturated rings. The van der Waals surface area contributed by atoms with Crippen molar-refractivity contribution >= 4 is 15.9 Å². The van der Waals surface area contributed by atoms with Gasteiger partial charge in [0.05, 0.1) is 0 Å². The fourth-order valence-corrected chi connectivity index (χ4v) is 4.85. The Hall–Kier alpha value is -0.300. The maximum Gasteiger partial charge on any atom is 0.0175 e. The molecular weight excluding hydrogens is 284 g/mol. The van der Waals surface area contributed by atoms with Gasteiger partial charge in [0.2, 0.25) is 0 Å². The van der Waals surface area contributed by atoms with Gasteiger partial charge in [0.25, 0.3) is 0 Å². The van der Waals surface area contributed by atoms with Crippen LogP contribution in [0.4, 0.5) is 0 Å². The maximum absolute atomic E-state index is 3.55. The lowest BCUT2D eigenvalue weighted by molar-refractivity contribution is 0.179. The molecule has 0 saturated heterocycles. The van der Waals surface area contributed by atoms with Crippen molar-refractivity contribution in [3.05, 3.63) is 34.3 Å². The highest BCUT2D eigenvalue weighted by Crippen LogP contribution is 2.52. The molecule has 3 aliphatic rings. The van der Waals surface area contributed by atoms with Gasteiger partial charge in [0.1, 0.15) is 0 Å². The first-order valence-corrected chi connectivity index (χ1v) is 8.20. The van der Waals surface area contributed by atoms with Crippen molar-refractivity contribution in [2.45, 2.75) is 45.4 Å². The SMILES string of the molecule is CC1CC2CCC(C1)C(c1ccc(Br)cc1)C2C. The zero-order valence-corrected chi connectivity index (χ0v) is 13.0. The molecule has 0 nitrogen and oxygen atoms in total. The molecule has 0 heterocycles. The van der Waals surface area contributed by atoms with Crippen LogP contribution in [-0.4, -0.2) is 0 Å². The third-order valence-electron chi connectivity index (χ3n) is 5.39. The van der Waals surface area contributed by atoms with Crippen molar-refractivity contribution in [2.24, 2.45) is 23.7 Å². The molecule has 1 aromatic carbocycles. The fraction of sp³-hybridized carbons (Fsp3) is 0.647. The molecule has 0 N–H and O–H groups in total. The van der Waals surface area contributed by atoms with Gasteiger partial charge >= 0.3 is 0 Å². The first-order valence-electron chi connectivity index (χ1n) is 7.40. The third-order valence-corrected chi connectivity index (χ3v) is 5.92. The van der Waals surface area contributed by atoms with Gasteiger partial charge in [0, 0.05) is 4.47 Å². The van der Waals surface area contributed by atoms with E-state index >= 15 is 0 Å². The molecule has 0 radical (unpaired) electrons. The Bertz CT molecular complexity index is 408. The number of rotatable bonds is 1. The zero-order chi connectivity index (χ0) is 12.7. The molecule has 0 aliphatic heterocycles. The molecule has 0 aromatic heterocycles. The molecule has 4 rings (SSSR count). The molecule has 5 atom stereocenters. The summed E-state index contributed by atoms with van der Waals surface area (Å²) in [6, 6.07) is 9.11. The number of benzene rings is 1. The first-order chi connectivity index (χ1) is 8.65. The predicted octanol–water partition coefficient (Wildman–Crippen LogP) is 5.62. The summed E-state index contributed by atoms with van der Waals surface area (Å²) in [5.74, 6) is 4.50. The summed E-state index contributed by atoms with van der Waals surface area (Å²) in [7, 11) is 0. The summed E-state index contributed by atoms with van der Waals surface area (Å²) < 4.78 is 1.20. The van der Waals surface area contributed by atoms with Crippen LogP contribution in [0.15, 0.2) is 28.7 Å². The quantitative estimate of drug-likeness (QED) is 0.631. The van der Waals surface area contributed by atoms with Crippen molar-refractivity contribution in [2.75, 3.05) is 0 Å². The van der Waals surface area contributed by atoms with Crippen molar-refractivity contribution in [3.8, 4) is 0 Å². The van der Waals surface area contributed by atoms with Crippen LogP contribution in [0.5, 0.6) is 0 Å². The standard InChI is InChI=1S/C17H23Br/c1-11-9-14-3-4-15(10-11)17(12(14)2)13-5-7-16(18)8-6-13/h5-8,11-12,14-15,17H,3-4,9-10H2,1-2H3. The van der Waals surface area contributed by atoms with Crippen molar-refractivity contribution in [1.82, 2.24) is 0 Å². The number of hydrogen-bond donors (Lipinski definition) is 0. The monoisotopic (exact) mass is 306 g/mol. The highest BCUT2D eigenvalue weighted by Gasteiger charge is 2.41. The summed E-state index contributed by atoms with van der Waals surface area (Å²) in [4.78, 5) is 0. The average Bonchev–Trinajstić information content (AvgIpc) is 2.59. The predicted molar refractivity (Wildman–Crippen MR) is 80.7 cm³/mol. The van der Waals surface area contributed by atoms with Crippen molar-refractivity contribution in [1.29, 1.82) is 0 Å². The van der Waals surface area contributed by atoms with Gasteiger partial charge < -0.3 is 0 Å². The molecule has 3 aliphatic carbocycles. The summed E-state index contributed by atoms with van der Waals surface area (Å²) in [6.07, 6.45) is 5.84. The largest absolute Gasteiger partial charge is 0.0625 e. The lowest BCUT2D eigenvalue weighted by atomic mass is 9.66. The molecule has 1 heteroatoms. The van der Waals surface area contributed by atoms with Gasteiger partial charge in [-0.05, 0) is 73.0 Å². The molecule has 1 aromatic rings. The Morgan fingerprint density at radius 2 is 1.56 bits per heavy atom. The highest BCUT2D eigenvalue weighted by molar-refractivity contribution is 9.10. The van der Waals surface area contributed by atoms with Crippen LogP contribution in [-0.2, 0) is 0 Å². The van der Waals surface area contributed by atoms with E-state index in [9.17, 15) is 0 Å². The Labute approximate surface area is 119 Å². The Morgan fingerprint density at radius 1 is 0.944 bits per heavy atom. The molecule has 0 spiro atoms. The van der Waals surface area contributed by atoms with E-state index in [1.54, 1.807) is 5.56 Å². The lowest BCUT2D eigenvalue weighted by Crippen LogP contribution is -2.28. The molecule has 3 saturated carbocycles. The van der Waals surface area contributed by atoms with Gasteiger partial charge in [-0.25, -0.2) is 0 Å². The third kappa shape index (κ3) is 2.27. The summed E-state index contributed by atoms with van der Waals surface area (Å²) in [5.41, 5.74) is 1.58. The maximum atomic E-state index is 3.55. The van der Waals surface area contributed by atoms with Crippen LogP contribution in [0.3, 0.4) is 0 Å². The Kier molecular flexibility index (Phi) is 3.53. The summed E-state index contributed by atoms with van der Waals surface area (Å²) in [6.45, 7) is 4.96. The van der Waals surface area contributed by atoms with E-state index in [1.807, 2.05) is 0 Å². The second kappa shape index (κ2) is 5.00. The van der Waals surface area contributed by atoms with E-state index in [0.717, 1.165) is 29.6 Å². The zero-order valence-electron chi connectivity index (χ0n) is 11.4. The van der Waals surface area contributed by atoms with Crippen molar-refractivity contribution in [3.63, 3.8) is 0 Å². The molecule has 0 amide bonds. The van der Waals surface area contributed by atoms with E-state index in [2.05, 4.69) is 54.0 Å². The number of fused-ring (bicyclic) bond motifs is 4. The number of hydrogen-bond acceptors (Lipinski definition) is 0. The molecule has 18 heavy (non-hydrogen) atoms. The second-order valence-corrected chi connectivity index (χ2v) is 7.53. The summed E-state index contributed by atoms with van der Waals surface area (Å²) in [5, 5.41) is 0. The van der Waals surface area contributed by atoms with Gasteiger partial charge in [-0.3, -0.25) is 0 Å². The molecular formula is C17H23Br.